The van der Waals surface area contributed by atoms with Gasteiger partial charge in [-0.15, -0.1) is 0 Å². The molecule has 0 heterocycles. The van der Waals surface area contributed by atoms with Crippen molar-refractivity contribution in [3.63, 3.8) is 0 Å². The number of rotatable bonds is 7. The average molecular weight is 737 g/mol. The molecule has 2 N–H and O–H groups in total. The molecule has 288 valence electrons. The summed E-state index contributed by atoms with van der Waals surface area (Å²) in [6, 6.07) is 12.6. The van der Waals surface area contributed by atoms with Crippen molar-refractivity contribution in [2.75, 3.05) is 6.61 Å². The average Bonchev–Trinajstić information content (AvgIpc) is 3.13. The van der Waals surface area contributed by atoms with Crippen LogP contribution in [0.2, 0.25) is 0 Å². The first-order valence-corrected chi connectivity index (χ1v) is 19.9. The molecule has 2 aromatic rings. The highest BCUT2D eigenvalue weighted by Gasteiger charge is 2.67. The van der Waals surface area contributed by atoms with Gasteiger partial charge in [-0.3, -0.25) is 0 Å². The molecule has 8 heteroatoms. The summed E-state index contributed by atoms with van der Waals surface area (Å²) in [5.41, 5.74) is 2.19. The monoisotopic (exact) mass is 736 g/mol. The molecule has 5 aliphatic carbocycles. The van der Waals surface area contributed by atoms with Crippen molar-refractivity contribution in [2.45, 2.75) is 106 Å². The third kappa shape index (κ3) is 5.59. The van der Waals surface area contributed by atoms with Crippen molar-refractivity contribution in [3.05, 3.63) is 94.1 Å². The number of allylic oxidation sites excluding steroid dienone is 4. The van der Waals surface area contributed by atoms with Gasteiger partial charge >= 0.3 is 23.9 Å². The van der Waals surface area contributed by atoms with E-state index in [4.69, 9.17) is 9.47 Å². The van der Waals surface area contributed by atoms with Crippen molar-refractivity contribution in [1.29, 1.82) is 0 Å². The van der Waals surface area contributed by atoms with E-state index in [9.17, 15) is 29.4 Å². The minimum Gasteiger partial charge on any atom is -0.478 e. The van der Waals surface area contributed by atoms with Crippen LogP contribution in [0.25, 0.3) is 0 Å². The quantitative estimate of drug-likeness (QED) is 0.269. The summed E-state index contributed by atoms with van der Waals surface area (Å²) in [5, 5.41) is 19.5. The van der Waals surface area contributed by atoms with E-state index in [1.165, 1.54) is 35.4 Å². The molecule has 4 saturated carbocycles. The maximum Gasteiger partial charge on any atom is 0.339 e. The lowest BCUT2D eigenvalue weighted by molar-refractivity contribution is -0.133. The molecular weight excluding hydrogens is 680 g/mol. The fourth-order valence-electron chi connectivity index (χ4n) is 12.6. The highest BCUT2D eigenvalue weighted by atomic mass is 16.5. The van der Waals surface area contributed by atoms with Crippen molar-refractivity contribution >= 4 is 23.9 Å². The summed E-state index contributed by atoms with van der Waals surface area (Å²) in [7, 11) is 0. The smallest absolute Gasteiger partial charge is 0.339 e. The Hall–Kier alpha value is -4.20. The lowest BCUT2D eigenvalue weighted by atomic mass is 9.36. The third-order valence-electron chi connectivity index (χ3n) is 16.0. The second-order valence-corrected chi connectivity index (χ2v) is 18.6. The SMILES string of the molecule is C[C@H]1[C@H](C)CC[C@]2(COC(=O)c3ccccc3C(=O)O)CC[C@]3(C)C(=CC=C4[C@@]5(C)CC[C@H](OC(=O)c6ccccc6C(=O)O)C(C)(C)[C@@H]5CC[C@]43C)[C@H]12. The fraction of sp³-hybridized carbons (Fsp3) is 0.565. The first-order chi connectivity index (χ1) is 25.4. The van der Waals surface area contributed by atoms with Gasteiger partial charge in [0.25, 0.3) is 0 Å². The number of carbonyl (C=O) groups excluding carboxylic acids is 2. The topological polar surface area (TPSA) is 127 Å². The molecule has 4 fully saturated rings. The number of aromatic carboxylic acids is 2. The van der Waals surface area contributed by atoms with Gasteiger partial charge in [0.1, 0.15) is 6.10 Å². The van der Waals surface area contributed by atoms with Gasteiger partial charge in [0.2, 0.25) is 0 Å². The van der Waals surface area contributed by atoms with Crippen LogP contribution in [0.4, 0.5) is 0 Å². The number of esters is 2. The third-order valence-corrected chi connectivity index (χ3v) is 16.0. The van der Waals surface area contributed by atoms with Crippen molar-refractivity contribution in [2.24, 2.45) is 50.7 Å². The van der Waals surface area contributed by atoms with Crippen LogP contribution < -0.4 is 0 Å². The number of hydrogen-bond donors (Lipinski definition) is 2. The molecule has 54 heavy (non-hydrogen) atoms. The lowest BCUT2D eigenvalue weighted by Crippen LogP contribution is -2.62. The Morgan fingerprint density at radius 3 is 1.89 bits per heavy atom. The van der Waals surface area contributed by atoms with Crippen LogP contribution in [0.3, 0.4) is 0 Å². The second-order valence-electron chi connectivity index (χ2n) is 18.6. The van der Waals surface area contributed by atoms with E-state index in [1.807, 2.05) is 0 Å². The lowest BCUT2D eigenvalue weighted by Gasteiger charge is -2.69. The highest BCUT2D eigenvalue weighted by Crippen LogP contribution is 2.74. The largest absolute Gasteiger partial charge is 0.478 e. The first kappa shape index (κ1) is 38.1. The Kier molecular flexibility index (Phi) is 9.33. The molecule has 5 aliphatic rings. The van der Waals surface area contributed by atoms with E-state index in [2.05, 4.69) is 60.6 Å². The molecule has 0 spiro atoms. The van der Waals surface area contributed by atoms with Crippen LogP contribution in [0.5, 0.6) is 0 Å². The van der Waals surface area contributed by atoms with Crippen LogP contribution in [-0.2, 0) is 9.47 Å². The van der Waals surface area contributed by atoms with E-state index < -0.39 is 23.9 Å². The first-order valence-electron chi connectivity index (χ1n) is 19.9. The van der Waals surface area contributed by atoms with Crippen molar-refractivity contribution in [1.82, 2.24) is 0 Å². The van der Waals surface area contributed by atoms with Crippen molar-refractivity contribution in [3.8, 4) is 0 Å². The standard InChI is InChI=1S/C46H56O8/c1-27-18-23-46(26-53-40(51)31-14-10-8-12-29(31)38(47)48)25-24-44(6)33(37(46)28(27)2)16-17-35-43(5)21-20-36(42(3,4)34(43)19-22-45(35,44)7)54-41(52)32-15-11-9-13-30(32)39(49)50/h8-17,27-28,34,36-37H,18-26H2,1-7H3,(H,47,48)(H,49,50)/t27-,28+,34+,36+,37+,43+,44-,45-,46-/m1/s1. The minimum absolute atomic E-state index is 0.0398. The number of carboxylic acid groups (broad SMARTS) is 2. The molecule has 0 aromatic heterocycles. The molecule has 7 rings (SSSR count). The predicted molar refractivity (Wildman–Crippen MR) is 205 cm³/mol. The summed E-state index contributed by atoms with van der Waals surface area (Å²) in [6.07, 6.45) is 12.0. The summed E-state index contributed by atoms with van der Waals surface area (Å²) in [6.45, 7) is 16.8. The molecular formula is C46H56O8. The highest BCUT2D eigenvalue weighted by molar-refractivity contribution is 6.03. The number of benzene rings is 2. The number of carbonyl (C=O) groups is 4. The van der Waals surface area contributed by atoms with E-state index >= 15 is 0 Å². The van der Waals surface area contributed by atoms with Crippen LogP contribution in [-0.4, -0.2) is 46.8 Å². The van der Waals surface area contributed by atoms with Gasteiger partial charge in [-0.1, -0.05) is 96.0 Å². The van der Waals surface area contributed by atoms with Crippen LogP contribution in [0, 0.1) is 50.7 Å². The summed E-state index contributed by atoms with van der Waals surface area (Å²) in [4.78, 5) is 50.7. The Balaban J connectivity index is 1.19. The van der Waals surface area contributed by atoms with Gasteiger partial charge < -0.3 is 19.7 Å². The molecule has 0 aliphatic heterocycles. The number of carboxylic acids is 2. The van der Waals surface area contributed by atoms with E-state index in [-0.39, 0.29) is 73.9 Å². The molecule has 8 nitrogen and oxygen atoms in total. The van der Waals surface area contributed by atoms with Gasteiger partial charge in [0, 0.05) is 10.8 Å². The maximum absolute atomic E-state index is 13.5. The minimum atomic E-state index is -1.14. The fourth-order valence-corrected chi connectivity index (χ4v) is 12.6. The molecule has 0 bridgehead atoms. The van der Waals surface area contributed by atoms with E-state index in [0.29, 0.717) is 18.3 Å². The zero-order valence-corrected chi connectivity index (χ0v) is 32.9. The van der Waals surface area contributed by atoms with E-state index in [1.54, 1.807) is 24.3 Å². The van der Waals surface area contributed by atoms with Crippen LogP contribution in [0.1, 0.15) is 141 Å². The van der Waals surface area contributed by atoms with Gasteiger partial charge in [-0.2, -0.15) is 0 Å². The van der Waals surface area contributed by atoms with E-state index in [0.717, 1.165) is 44.9 Å². The number of hydrogen-bond acceptors (Lipinski definition) is 6. The second kappa shape index (κ2) is 13.2. The Morgan fingerprint density at radius 1 is 0.685 bits per heavy atom. The normalized spacial score (nSPS) is 36.5. The zero-order chi connectivity index (χ0) is 39.0. The molecule has 2 aromatic carbocycles. The van der Waals surface area contributed by atoms with Gasteiger partial charge in [0.15, 0.2) is 0 Å². The van der Waals surface area contributed by atoms with Crippen molar-refractivity contribution < 1.29 is 38.9 Å². The number of fused-ring (bicyclic) bond motifs is 7. The number of ether oxygens (including phenoxy) is 2. The molecule has 0 radical (unpaired) electrons. The Labute approximate surface area is 319 Å². The maximum atomic E-state index is 13.5. The molecule has 9 atom stereocenters. The molecule has 0 amide bonds. The van der Waals surface area contributed by atoms with Crippen LogP contribution in [0.15, 0.2) is 71.8 Å². The Morgan fingerprint density at radius 2 is 1.28 bits per heavy atom. The Bertz CT molecular complexity index is 1960. The zero-order valence-electron chi connectivity index (χ0n) is 32.9. The molecule has 0 unspecified atom stereocenters. The van der Waals surface area contributed by atoms with Crippen LogP contribution >= 0.6 is 0 Å². The summed E-state index contributed by atoms with van der Waals surface area (Å²) in [5.74, 6) is -2.05. The summed E-state index contributed by atoms with van der Waals surface area (Å²) < 4.78 is 12.4. The molecule has 0 saturated heterocycles. The van der Waals surface area contributed by atoms with Gasteiger partial charge in [-0.05, 0) is 116 Å². The van der Waals surface area contributed by atoms with Gasteiger partial charge in [-0.25, -0.2) is 19.2 Å². The van der Waals surface area contributed by atoms with Gasteiger partial charge in [0.05, 0.1) is 28.9 Å². The predicted octanol–water partition coefficient (Wildman–Crippen LogP) is 10.0. The summed E-state index contributed by atoms with van der Waals surface area (Å²) >= 11 is 0.